The van der Waals surface area contributed by atoms with Crippen LogP contribution in [-0.4, -0.2) is 29.5 Å². The van der Waals surface area contributed by atoms with Gasteiger partial charge in [0.1, 0.15) is 11.6 Å². The first-order valence-corrected chi connectivity index (χ1v) is 6.60. The molecule has 21 heavy (non-hydrogen) atoms. The van der Waals surface area contributed by atoms with Gasteiger partial charge in [0.15, 0.2) is 5.76 Å². The highest BCUT2D eigenvalue weighted by Crippen LogP contribution is 2.18. The lowest BCUT2D eigenvalue weighted by atomic mass is 10.3. The Bertz CT molecular complexity index is 747. The molecule has 3 rings (SSSR count). The lowest BCUT2D eigenvalue weighted by Gasteiger charge is -2.00. The summed E-state index contributed by atoms with van der Waals surface area (Å²) in [6.45, 7) is 0.483. The number of nitrogens with one attached hydrogen (secondary N) is 2. The van der Waals surface area contributed by atoms with Crippen molar-refractivity contribution >= 4 is 16.9 Å². The Morgan fingerprint density at radius 3 is 3.10 bits per heavy atom. The maximum atomic E-state index is 11.7. The third-order valence-corrected chi connectivity index (χ3v) is 3.13. The Morgan fingerprint density at radius 1 is 1.43 bits per heavy atom. The molecule has 2 aromatic heterocycles. The second kappa shape index (κ2) is 5.70. The zero-order valence-corrected chi connectivity index (χ0v) is 11.6. The van der Waals surface area contributed by atoms with Crippen molar-refractivity contribution < 1.29 is 13.9 Å². The van der Waals surface area contributed by atoms with Crippen LogP contribution >= 0.6 is 0 Å². The molecule has 0 spiro atoms. The molecule has 0 aliphatic carbocycles. The minimum Gasteiger partial charge on any atom is -0.497 e. The zero-order chi connectivity index (χ0) is 14.7. The summed E-state index contributed by atoms with van der Waals surface area (Å²) in [4.78, 5) is 19.4. The van der Waals surface area contributed by atoms with Crippen molar-refractivity contribution in [3.8, 4) is 5.75 Å². The molecule has 0 aliphatic heterocycles. The van der Waals surface area contributed by atoms with E-state index in [0.717, 1.165) is 22.6 Å². The van der Waals surface area contributed by atoms with E-state index >= 15 is 0 Å². The van der Waals surface area contributed by atoms with Crippen LogP contribution in [0.5, 0.6) is 5.75 Å². The summed E-state index contributed by atoms with van der Waals surface area (Å²) < 4.78 is 10.2. The summed E-state index contributed by atoms with van der Waals surface area (Å²) in [6, 6.07) is 8.97. The number of carbonyl (C=O) groups is 1. The third kappa shape index (κ3) is 2.89. The quantitative estimate of drug-likeness (QED) is 0.752. The van der Waals surface area contributed by atoms with Gasteiger partial charge in [0.05, 0.1) is 24.4 Å². The number of benzene rings is 1. The average molecular weight is 285 g/mol. The fraction of sp³-hybridized carbons (Fsp3) is 0.200. The van der Waals surface area contributed by atoms with Crippen LogP contribution in [0.25, 0.3) is 11.0 Å². The van der Waals surface area contributed by atoms with Crippen molar-refractivity contribution in [3.63, 3.8) is 0 Å². The zero-order valence-electron chi connectivity index (χ0n) is 11.6. The summed E-state index contributed by atoms with van der Waals surface area (Å²) >= 11 is 0. The monoisotopic (exact) mass is 285 g/mol. The molecule has 6 nitrogen and oxygen atoms in total. The number of ether oxygens (including phenoxy) is 1. The highest BCUT2D eigenvalue weighted by atomic mass is 16.5. The van der Waals surface area contributed by atoms with E-state index in [2.05, 4.69) is 15.3 Å². The first-order valence-electron chi connectivity index (χ1n) is 6.60. The van der Waals surface area contributed by atoms with Crippen molar-refractivity contribution in [2.24, 2.45) is 0 Å². The molecule has 0 saturated carbocycles. The van der Waals surface area contributed by atoms with Crippen LogP contribution < -0.4 is 10.1 Å². The van der Waals surface area contributed by atoms with E-state index in [-0.39, 0.29) is 5.91 Å². The van der Waals surface area contributed by atoms with E-state index in [1.165, 1.54) is 6.26 Å². The van der Waals surface area contributed by atoms with Gasteiger partial charge in [-0.05, 0) is 24.3 Å². The average Bonchev–Trinajstić information content (AvgIpc) is 3.15. The molecule has 0 atom stereocenters. The van der Waals surface area contributed by atoms with Gasteiger partial charge < -0.3 is 19.5 Å². The molecule has 0 bridgehead atoms. The summed E-state index contributed by atoms with van der Waals surface area (Å²) in [5.74, 6) is 1.68. The van der Waals surface area contributed by atoms with Crippen LogP contribution in [0.15, 0.2) is 41.0 Å². The van der Waals surface area contributed by atoms with E-state index in [9.17, 15) is 4.79 Å². The number of hydrogen-bond acceptors (Lipinski definition) is 4. The van der Waals surface area contributed by atoms with Gasteiger partial charge in [0, 0.05) is 19.0 Å². The van der Waals surface area contributed by atoms with Gasteiger partial charge >= 0.3 is 0 Å². The predicted molar refractivity (Wildman–Crippen MR) is 77.4 cm³/mol. The molecule has 0 radical (unpaired) electrons. The van der Waals surface area contributed by atoms with E-state index in [0.29, 0.717) is 18.7 Å². The first kappa shape index (κ1) is 13.2. The van der Waals surface area contributed by atoms with Crippen LogP contribution in [0, 0.1) is 0 Å². The lowest BCUT2D eigenvalue weighted by Crippen LogP contribution is -2.25. The number of hydrogen-bond donors (Lipinski definition) is 2. The number of imidazole rings is 1. The summed E-state index contributed by atoms with van der Waals surface area (Å²) in [7, 11) is 1.63. The highest BCUT2D eigenvalue weighted by molar-refractivity contribution is 5.91. The number of furan rings is 1. The van der Waals surface area contributed by atoms with Crippen LogP contribution in [0.2, 0.25) is 0 Å². The van der Waals surface area contributed by atoms with Gasteiger partial charge in [0.25, 0.3) is 5.91 Å². The van der Waals surface area contributed by atoms with Gasteiger partial charge in [-0.2, -0.15) is 0 Å². The lowest BCUT2D eigenvalue weighted by molar-refractivity contribution is 0.0926. The van der Waals surface area contributed by atoms with Crippen molar-refractivity contribution in [1.29, 1.82) is 0 Å². The molecule has 0 aliphatic rings. The minimum atomic E-state index is -0.224. The molecule has 6 heteroatoms. The molecule has 2 N–H and O–H groups in total. The molecule has 0 fully saturated rings. The maximum Gasteiger partial charge on any atom is 0.286 e. The van der Waals surface area contributed by atoms with Crippen LogP contribution in [0.1, 0.15) is 16.4 Å². The summed E-state index contributed by atoms with van der Waals surface area (Å²) in [5.41, 5.74) is 1.80. The molecular formula is C15H15N3O3. The highest BCUT2D eigenvalue weighted by Gasteiger charge is 2.08. The van der Waals surface area contributed by atoms with E-state index in [4.69, 9.17) is 9.15 Å². The van der Waals surface area contributed by atoms with E-state index < -0.39 is 0 Å². The number of amides is 1. The largest absolute Gasteiger partial charge is 0.497 e. The number of carbonyl (C=O) groups excluding carboxylic acids is 1. The Balaban J connectivity index is 1.61. The van der Waals surface area contributed by atoms with Gasteiger partial charge in [-0.3, -0.25) is 4.79 Å². The second-order valence-electron chi connectivity index (χ2n) is 4.55. The molecule has 2 heterocycles. The van der Waals surface area contributed by atoms with Gasteiger partial charge in [0.2, 0.25) is 0 Å². The first-order chi connectivity index (χ1) is 10.3. The fourth-order valence-corrected chi connectivity index (χ4v) is 2.08. The number of aromatic amines is 1. The topological polar surface area (TPSA) is 80.2 Å². The van der Waals surface area contributed by atoms with E-state index in [1.54, 1.807) is 19.2 Å². The minimum absolute atomic E-state index is 0.224. The smallest absolute Gasteiger partial charge is 0.286 e. The Labute approximate surface area is 121 Å². The van der Waals surface area contributed by atoms with E-state index in [1.807, 2.05) is 18.2 Å². The Kier molecular flexibility index (Phi) is 3.59. The maximum absolute atomic E-state index is 11.7. The molecule has 1 amide bonds. The van der Waals surface area contributed by atoms with Crippen molar-refractivity contribution in [2.75, 3.05) is 13.7 Å². The molecule has 0 saturated heterocycles. The molecule has 108 valence electrons. The van der Waals surface area contributed by atoms with Crippen LogP contribution in [-0.2, 0) is 6.42 Å². The Morgan fingerprint density at radius 2 is 2.33 bits per heavy atom. The molecule has 1 aromatic carbocycles. The number of methoxy groups -OCH3 is 1. The second-order valence-corrected chi connectivity index (χ2v) is 4.55. The standard InChI is InChI=1S/C15H15N3O3/c1-20-10-4-5-11-12(9-10)18-14(17-11)6-7-16-15(19)13-3-2-8-21-13/h2-5,8-9H,6-7H2,1H3,(H,16,19)(H,17,18). The summed E-state index contributed by atoms with van der Waals surface area (Å²) in [5, 5.41) is 2.78. The number of H-pyrrole nitrogens is 1. The number of fused-ring (bicyclic) bond motifs is 1. The fourth-order valence-electron chi connectivity index (χ4n) is 2.08. The van der Waals surface area contributed by atoms with Gasteiger partial charge in [-0.15, -0.1) is 0 Å². The number of aromatic nitrogens is 2. The van der Waals surface area contributed by atoms with Gasteiger partial charge in [-0.25, -0.2) is 4.98 Å². The molecule has 0 unspecified atom stereocenters. The normalized spacial score (nSPS) is 10.7. The molecule has 3 aromatic rings. The molecular weight excluding hydrogens is 270 g/mol. The SMILES string of the molecule is COc1ccc2nc(CCNC(=O)c3ccco3)[nH]c2c1. The van der Waals surface area contributed by atoms with Crippen molar-refractivity contribution in [3.05, 3.63) is 48.2 Å². The number of nitrogens with zero attached hydrogens (tertiary/aromatic N) is 1. The number of rotatable bonds is 5. The predicted octanol–water partition coefficient (Wildman–Crippen LogP) is 2.14. The summed E-state index contributed by atoms with van der Waals surface area (Å²) in [6.07, 6.45) is 2.09. The van der Waals surface area contributed by atoms with Crippen molar-refractivity contribution in [1.82, 2.24) is 15.3 Å². The van der Waals surface area contributed by atoms with Gasteiger partial charge in [-0.1, -0.05) is 0 Å². The van der Waals surface area contributed by atoms with Crippen LogP contribution in [0.3, 0.4) is 0 Å². The van der Waals surface area contributed by atoms with Crippen molar-refractivity contribution in [2.45, 2.75) is 6.42 Å². The third-order valence-electron chi connectivity index (χ3n) is 3.13. The Hall–Kier alpha value is -2.76. The van der Waals surface area contributed by atoms with Crippen LogP contribution in [0.4, 0.5) is 0 Å².